The molecule has 2 aromatic rings. The fraction of sp³-hybridized carbons (Fsp3) is 0.368. The SMILES string of the molecule is CN1CCN2C[C@H](c3ccc(O)cc3)c3ccccc3[C@H]2C1. The highest BCUT2D eigenvalue weighted by Gasteiger charge is 2.36. The Morgan fingerprint density at radius 3 is 2.41 bits per heavy atom. The molecule has 3 nitrogen and oxygen atoms in total. The van der Waals surface area contributed by atoms with E-state index in [0.717, 1.165) is 26.2 Å². The Morgan fingerprint density at radius 1 is 0.909 bits per heavy atom. The maximum absolute atomic E-state index is 9.55. The molecule has 0 radical (unpaired) electrons. The van der Waals surface area contributed by atoms with Crippen molar-refractivity contribution in [3.05, 3.63) is 65.2 Å². The molecule has 0 aliphatic carbocycles. The van der Waals surface area contributed by atoms with Crippen LogP contribution in [-0.4, -0.2) is 48.1 Å². The number of fused-ring (bicyclic) bond motifs is 3. The van der Waals surface area contributed by atoms with Crippen LogP contribution >= 0.6 is 0 Å². The van der Waals surface area contributed by atoms with Crippen LogP contribution in [-0.2, 0) is 0 Å². The van der Waals surface area contributed by atoms with Crippen molar-refractivity contribution in [2.24, 2.45) is 0 Å². The molecule has 0 aromatic heterocycles. The molecule has 1 saturated heterocycles. The van der Waals surface area contributed by atoms with Crippen molar-refractivity contribution in [1.29, 1.82) is 0 Å². The van der Waals surface area contributed by atoms with Gasteiger partial charge in [0.05, 0.1) is 0 Å². The maximum Gasteiger partial charge on any atom is 0.115 e. The van der Waals surface area contributed by atoms with Gasteiger partial charge in [-0.1, -0.05) is 36.4 Å². The second-order valence-corrected chi connectivity index (χ2v) is 6.55. The molecule has 0 spiro atoms. The number of benzene rings is 2. The molecule has 2 aliphatic rings. The first-order valence-electron chi connectivity index (χ1n) is 8.03. The largest absolute Gasteiger partial charge is 0.508 e. The normalized spacial score (nSPS) is 25.5. The topological polar surface area (TPSA) is 26.7 Å². The van der Waals surface area contributed by atoms with E-state index in [1.54, 1.807) is 12.1 Å². The molecule has 4 rings (SSSR count). The standard InChI is InChI=1S/C19H22N2O/c1-20-10-11-21-12-18(14-6-8-15(22)9-7-14)16-4-2-3-5-17(16)19(21)13-20/h2-9,18-19,22H,10-13H2,1H3/t18-,19-/m1/s1. The molecule has 0 bridgehead atoms. The first-order valence-corrected chi connectivity index (χ1v) is 8.03. The van der Waals surface area contributed by atoms with E-state index in [4.69, 9.17) is 0 Å². The first kappa shape index (κ1) is 13.8. The van der Waals surface area contributed by atoms with Gasteiger partial charge in [-0.2, -0.15) is 0 Å². The highest BCUT2D eigenvalue weighted by Crippen LogP contribution is 2.40. The van der Waals surface area contributed by atoms with Crippen molar-refractivity contribution in [3.8, 4) is 5.75 Å². The van der Waals surface area contributed by atoms with Crippen LogP contribution in [0.25, 0.3) is 0 Å². The molecular weight excluding hydrogens is 272 g/mol. The lowest BCUT2D eigenvalue weighted by Gasteiger charge is -2.46. The van der Waals surface area contributed by atoms with Gasteiger partial charge in [0.1, 0.15) is 5.75 Å². The molecule has 22 heavy (non-hydrogen) atoms. The molecule has 114 valence electrons. The van der Waals surface area contributed by atoms with Crippen LogP contribution in [0.3, 0.4) is 0 Å². The quantitative estimate of drug-likeness (QED) is 0.876. The van der Waals surface area contributed by atoms with Gasteiger partial charge in [0, 0.05) is 38.1 Å². The summed E-state index contributed by atoms with van der Waals surface area (Å²) in [5.41, 5.74) is 4.21. The molecule has 3 heteroatoms. The number of rotatable bonds is 1. The molecule has 0 saturated carbocycles. The maximum atomic E-state index is 9.55. The van der Waals surface area contributed by atoms with Gasteiger partial charge in [-0.3, -0.25) is 4.90 Å². The van der Waals surface area contributed by atoms with E-state index >= 15 is 0 Å². The van der Waals surface area contributed by atoms with Gasteiger partial charge in [-0.05, 0) is 35.9 Å². The summed E-state index contributed by atoms with van der Waals surface area (Å²) in [5, 5.41) is 9.55. The predicted molar refractivity (Wildman–Crippen MR) is 88.2 cm³/mol. The monoisotopic (exact) mass is 294 g/mol. The smallest absolute Gasteiger partial charge is 0.115 e. The third kappa shape index (κ3) is 2.31. The van der Waals surface area contributed by atoms with Crippen LogP contribution in [0.2, 0.25) is 0 Å². The molecule has 2 aliphatic heterocycles. The summed E-state index contributed by atoms with van der Waals surface area (Å²) in [6, 6.07) is 17.1. The summed E-state index contributed by atoms with van der Waals surface area (Å²) in [5.74, 6) is 0.738. The molecular formula is C19H22N2O. The summed E-state index contributed by atoms with van der Waals surface area (Å²) in [7, 11) is 2.21. The first-order chi connectivity index (χ1) is 10.7. The summed E-state index contributed by atoms with van der Waals surface area (Å²) < 4.78 is 0. The molecule has 1 N–H and O–H groups in total. The zero-order chi connectivity index (χ0) is 15.1. The van der Waals surface area contributed by atoms with E-state index in [9.17, 15) is 5.11 Å². The van der Waals surface area contributed by atoms with Gasteiger partial charge >= 0.3 is 0 Å². The van der Waals surface area contributed by atoms with Crippen LogP contribution in [0, 0.1) is 0 Å². The average Bonchev–Trinajstić information content (AvgIpc) is 2.55. The predicted octanol–water partition coefficient (Wildman–Crippen LogP) is 2.83. The van der Waals surface area contributed by atoms with Crippen LogP contribution < -0.4 is 0 Å². The second-order valence-electron chi connectivity index (χ2n) is 6.55. The molecule has 2 aromatic carbocycles. The number of hydrogen-bond acceptors (Lipinski definition) is 3. The van der Waals surface area contributed by atoms with Crippen molar-refractivity contribution in [3.63, 3.8) is 0 Å². The number of nitrogens with zero attached hydrogens (tertiary/aromatic N) is 2. The Labute approximate surface area is 131 Å². The highest BCUT2D eigenvalue weighted by atomic mass is 16.3. The average molecular weight is 294 g/mol. The van der Waals surface area contributed by atoms with E-state index in [1.165, 1.54) is 16.7 Å². The minimum atomic E-state index is 0.338. The summed E-state index contributed by atoms with van der Waals surface area (Å²) in [4.78, 5) is 5.05. The van der Waals surface area contributed by atoms with Crippen molar-refractivity contribution in [1.82, 2.24) is 9.80 Å². The van der Waals surface area contributed by atoms with Crippen molar-refractivity contribution < 1.29 is 5.11 Å². The van der Waals surface area contributed by atoms with Crippen molar-refractivity contribution >= 4 is 0 Å². The Bertz CT molecular complexity index is 667. The Balaban J connectivity index is 1.77. The third-order valence-corrected chi connectivity index (χ3v) is 5.14. The molecule has 0 amide bonds. The lowest BCUT2D eigenvalue weighted by atomic mass is 9.80. The van der Waals surface area contributed by atoms with E-state index in [1.807, 2.05) is 0 Å². The zero-order valence-electron chi connectivity index (χ0n) is 12.9. The second kappa shape index (κ2) is 5.41. The van der Waals surface area contributed by atoms with Gasteiger partial charge in [0.2, 0.25) is 0 Å². The molecule has 2 atom stereocenters. The lowest BCUT2D eigenvalue weighted by Crippen LogP contribution is -2.50. The fourth-order valence-electron chi connectivity index (χ4n) is 3.93. The molecule has 0 unspecified atom stereocenters. The third-order valence-electron chi connectivity index (χ3n) is 5.14. The lowest BCUT2D eigenvalue weighted by molar-refractivity contribution is 0.0772. The van der Waals surface area contributed by atoms with Gasteiger partial charge in [-0.15, -0.1) is 0 Å². The van der Waals surface area contributed by atoms with E-state index < -0.39 is 0 Å². The van der Waals surface area contributed by atoms with Crippen LogP contribution in [0.4, 0.5) is 0 Å². The van der Waals surface area contributed by atoms with Gasteiger partial charge in [0.15, 0.2) is 0 Å². The number of phenolic OH excluding ortho intramolecular Hbond substituents is 1. The van der Waals surface area contributed by atoms with Crippen molar-refractivity contribution in [2.75, 3.05) is 33.2 Å². The summed E-state index contributed by atoms with van der Waals surface area (Å²) >= 11 is 0. The minimum absolute atomic E-state index is 0.338. The number of likely N-dealkylation sites (N-methyl/N-ethyl adjacent to an activating group) is 1. The number of phenols is 1. The number of piperazine rings is 1. The molecule has 2 heterocycles. The van der Waals surface area contributed by atoms with Crippen LogP contribution in [0.5, 0.6) is 5.75 Å². The molecule has 1 fully saturated rings. The van der Waals surface area contributed by atoms with Gasteiger partial charge < -0.3 is 10.0 Å². The fourth-order valence-corrected chi connectivity index (χ4v) is 3.93. The van der Waals surface area contributed by atoms with Gasteiger partial charge in [-0.25, -0.2) is 0 Å². The van der Waals surface area contributed by atoms with Crippen LogP contribution in [0.15, 0.2) is 48.5 Å². The van der Waals surface area contributed by atoms with Gasteiger partial charge in [0.25, 0.3) is 0 Å². The summed E-state index contributed by atoms with van der Waals surface area (Å²) in [6.45, 7) is 4.45. The Hall–Kier alpha value is -1.84. The minimum Gasteiger partial charge on any atom is -0.508 e. The van der Waals surface area contributed by atoms with E-state index in [-0.39, 0.29) is 0 Å². The summed E-state index contributed by atoms with van der Waals surface area (Å²) in [6.07, 6.45) is 0. The highest BCUT2D eigenvalue weighted by molar-refractivity contribution is 5.43. The van der Waals surface area contributed by atoms with E-state index in [0.29, 0.717) is 17.7 Å². The Kier molecular flexibility index (Phi) is 3.40. The van der Waals surface area contributed by atoms with Crippen LogP contribution in [0.1, 0.15) is 28.7 Å². The van der Waals surface area contributed by atoms with E-state index in [2.05, 4.69) is 53.2 Å². The Morgan fingerprint density at radius 2 is 1.64 bits per heavy atom. The number of hydrogen-bond donors (Lipinski definition) is 1. The van der Waals surface area contributed by atoms with Crippen molar-refractivity contribution in [2.45, 2.75) is 12.0 Å². The number of aromatic hydroxyl groups is 1. The zero-order valence-corrected chi connectivity index (χ0v) is 12.9.